The summed E-state index contributed by atoms with van der Waals surface area (Å²) in [5.74, 6) is -0.727. The number of hydrogen-bond acceptors (Lipinski definition) is 2. The number of H-pyrrole nitrogens is 1. The molecule has 2 rings (SSSR count). The quantitative estimate of drug-likeness (QED) is 0.794. The van der Waals surface area contributed by atoms with E-state index >= 15 is 0 Å². The number of alkyl halides is 3. The van der Waals surface area contributed by atoms with Crippen molar-refractivity contribution < 1.29 is 18.0 Å². The Morgan fingerprint density at radius 1 is 1.30 bits per heavy atom. The number of rotatable bonds is 2. The zero-order chi connectivity index (χ0) is 14.9. The molecule has 0 bridgehead atoms. The van der Waals surface area contributed by atoms with Crippen LogP contribution < -0.4 is 11.1 Å². The Morgan fingerprint density at radius 2 is 2.00 bits per heavy atom. The SMILES string of the molecule is Nc1c[nH]c(C(=O)Nc2ccc(Cl)cc2C(F)(F)F)c1. The van der Waals surface area contributed by atoms with Crippen LogP contribution in [0.4, 0.5) is 24.5 Å². The molecule has 0 radical (unpaired) electrons. The molecule has 20 heavy (non-hydrogen) atoms. The van der Waals surface area contributed by atoms with Gasteiger partial charge in [-0.3, -0.25) is 4.79 Å². The van der Waals surface area contributed by atoms with Gasteiger partial charge in [-0.15, -0.1) is 0 Å². The molecular weight excluding hydrogens is 295 g/mol. The van der Waals surface area contributed by atoms with E-state index in [1.165, 1.54) is 18.3 Å². The van der Waals surface area contributed by atoms with E-state index in [0.717, 1.165) is 12.1 Å². The summed E-state index contributed by atoms with van der Waals surface area (Å²) >= 11 is 5.54. The lowest BCUT2D eigenvalue weighted by molar-refractivity contribution is -0.136. The number of carbonyl (C=O) groups excluding carboxylic acids is 1. The summed E-state index contributed by atoms with van der Waals surface area (Å²) in [5.41, 5.74) is 4.40. The zero-order valence-electron chi connectivity index (χ0n) is 9.88. The Kier molecular flexibility index (Phi) is 3.63. The van der Waals surface area contributed by atoms with E-state index < -0.39 is 17.6 Å². The van der Waals surface area contributed by atoms with Crippen molar-refractivity contribution in [2.75, 3.05) is 11.1 Å². The van der Waals surface area contributed by atoms with Gasteiger partial charge in [0.05, 0.1) is 11.3 Å². The van der Waals surface area contributed by atoms with Crippen molar-refractivity contribution in [1.82, 2.24) is 4.98 Å². The standard InChI is InChI=1S/C12H9ClF3N3O/c13-6-1-2-9(8(3-6)12(14,15)16)19-11(20)10-4-7(17)5-18-10/h1-5,18H,17H2,(H,19,20). The molecule has 0 spiro atoms. The second-order valence-corrected chi connectivity index (χ2v) is 4.42. The van der Waals surface area contributed by atoms with Crippen molar-refractivity contribution in [3.05, 3.63) is 46.7 Å². The van der Waals surface area contributed by atoms with Crippen LogP contribution in [0.5, 0.6) is 0 Å². The minimum atomic E-state index is -4.62. The first kappa shape index (κ1) is 14.3. The normalized spacial score (nSPS) is 11.4. The number of nitrogens with one attached hydrogen (secondary N) is 2. The first-order chi connectivity index (χ1) is 9.27. The minimum absolute atomic E-state index is 0.0607. The smallest absolute Gasteiger partial charge is 0.397 e. The highest BCUT2D eigenvalue weighted by molar-refractivity contribution is 6.30. The summed E-state index contributed by atoms with van der Waals surface area (Å²) in [6.07, 6.45) is -3.26. The highest BCUT2D eigenvalue weighted by atomic mass is 35.5. The predicted octanol–water partition coefficient (Wildman–Crippen LogP) is 3.52. The van der Waals surface area contributed by atoms with Crippen molar-refractivity contribution >= 4 is 28.9 Å². The van der Waals surface area contributed by atoms with E-state index in [9.17, 15) is 18.0 Å². The topological polar surface area (TPSA) is 70.9 Å². The van der Waals surface area contributed by atoms with Crippen molar-refractivity contribution in [3.8, 4) is 0 Å². The Bertz CT molecular complexity index is 652. The molecule has 0 unspecified atom stereocenters. The number of nitrogen functional groups attached to an aromatic ring is 1. The van der Waals surface area contributed by atoms with Gasteiger partial charge >= 0.3 is 6.18 Å². The molecule has 8 heteroatoms. The van der Waals surface area contributed by atoms with Gasteiger partial charge in [0.25, 0.3) is 5.91 Å². The summed E-state index contributed by atoms with van der Waals surface area (Å²) in [4.78, 5) is 14.3. The number of benzene rings is 1. The van der Waals surface area contributed by atoms with Crippen molar-refractivity contribution in [2.24, 2.45) is 0 Å². The van der Waals surface area contributed by atoms with E-state index in [4.69, 9.17) is 17.3 Å². The summed E-state index contributed by atoms with van der Waals surface area (Å²) in [5, 5.41) is 2.10. The molecule has 1 aromatic carbocycles. The number of amides is 1. The Labute approximate surface area is 116 Å². The van der Waals surface area contributed by atoms with E-state index in [-0.39, 0.29) is 16.4 Å². The monoisotopic (exact) mass is 303 g/mol. The first-order valence-corrected chi connectivity index (χ1v) is 5.77. The van der Waals surface area contributed by atoms with Gasteiger partial charge in [0, 0.05) is 16.9 Å². The second kappa shape index (κ2) is 5.09. The van der Waals surface area contributed by atoms with Crippen LogP contribution >= 0.6 is 11.6 Å². The van der Waals surface area contributed by atoms with Crippen LogP contribution in [0.2, 0.25) is 5.02 Å². The van der Waals surface area contributed by atoms with Crippen LogP contribution in [-0.2, 0) is 6.18 Å². The van der Waals surface area contributed by atoms with Gasteiger partial charge in [-0.05, 0) is 24.3 Å². The Balaban J connectivity index is 2.32. The zero-order valence-corrected chi connectivity index (χ0v) is 10.6. The largest absolute Gasteiger partial charge is 0.418 e. The number of hydrogen-bond donors (Lipinski definition) is 3. The summed E-state index contributed by atoms with van der Waals surface area (Å²) < 4.78 is 38.5. The molecule has 0 aliphatic heterocycles. The lowest BCUT2D eigenvalue weighted by Crippen LogP contribution is -2.17. The summed E-state index contributed by atoms with van der Waals surface area (Å²) in [6, 6.07) is 4.42. The molecule has 1 amide bonds. The maximum absolute atomic E-state index is 12.8. The van der Waals surface area contributed by atoms with Gasteiger partial charge in [-0.25, -0.2) is 0 Å². The molecule has 1 heterocycles. The number of carbonyl (C=O) groups is 1. The highest BCUT2D eigenvalue weighted by Crippen LogP contribution is 2.36. The third-order valence-electron chi connectivity index (χ3n) is 2.49. The number of aromatic amines is 1. The van der Waals surface area contributed by atoms with Crippen LogP contribution in [0.15, 0.2) is 30.5 Å². The van der Waals surface area contributed by atoms with E-state index in [1.807, 2.05) is 0 Å². The molecule has 2 aromatic rings. The van der Waals surface area contributed by atoms with E-state index in [1.54, 1.807) is 0 Å². The van der Waals surface area contributed by atoms with Gasteiger partial charge < -0.3 is 16.0 Å². The van der Waals surface area contributed by atoms with E-state index in [2.05, 4.69) is 10.3 Å². The highest BCUT2D eigenvalue weighted by Gasteiger charge is 2.34. The Hall–Kier alpha value is -2.15. The van der Waals surface area contributed by atoms with Crippen molar-refractivity contribution in [3.63, 3.8) is 0 Å². The number of nitrogens with two attached hydrogens (primary N) is 1. The van der Waals surface area contributed by atoms with Crippen LogP contribution in [0, 0.1) is 0 Å². The third kappa shape index (κ3) is 3.05. The Morgan fingerprint density at radius 3 is 2.55 bits per heavy atom. The maximum atomic E-state index is 12.8. The molecule has 1 aromatic heterocycles. The molecule has 0 saturated carbocycles. The molecule has 106 valence electrons. The lowest BCUT2D eigenvalue weighted by atomic mass is 10.1. The van der Waals surface area contributed by atoms with Crippen LogP contribution in [0.1, 0.15) is 16.1 Å². The van der Waals surface area contributed by atoms with Gasteiger partial charge in [-0.1, -0.05) is 11.6 Å². The van der Waals surface area contributed by atoms with Gasteiger partial charge in [-0.2, -0.15) is 13.2 Å². The molecule has 0 atom stereocenters. The van der Waals surface area contributed by atoms with Gasteiger partial charge in [0.2, 0.25) is 0 Å². The lowest BCUT2D eigenvalue weighted by Gasteiger charge is -2.13. The average molecular weight is 304 g/mol. The summed E-state index contributed by atoms with van der Waals surface area (Å²) in [7, 11) is 0. The molecule has 0 saturated heterocycles. The molecule has 0 aliphatic carbocycles. The number of anilines is 2. The first-order valence-electron chi connectivity index (χ1n) is 5.39. The molecule has 0 aliphatic rings. The fourth-order valence-electron chi connectivity index (χ4n) is 1.59. The average Bonchev–Trinajstić information content (AvgIpc) is 2.77. The van der Waals surface area contributed by atoms with Crippen LogP contribution in [0.3, 0.4) is 0 Å². The van der Waals surface area contributed by atoms with E-state index in [0.29, 0.717) is 5.69 Å². The summed E-state index contributed by atoms with van der Waals surface area (Å²) in [6.45, 7) is 0. The fourth-order valence-corrected chi connectivity index (χ4v) is 1.76. The molecular formula is C12H9ClF3N3O. The molecule has 4 nitrogen and oxygen atoms in total. The molecule has 4 N–H and O–H groups in total. The van der Waals surface area contributed by atoms with Crippen molar-refractivity contribution in [2.45, 2.75) is 6.18 Å². The third-order valence-corrected chi connectivity index (χ3v) is 2.72. The maximum Gasteiger partial charge on any atom is 0.418 e. The number of aromatic nitrogens is 1. The van der Waals surface area contributed by atoms with Gasteiger partial charge in [0.1, 0.15) is 5.69 Å². The van der Waals surface area contributed by atoms with Crippen molar-refractivity contribution in [1.29, 1.82) is 0 Å². The fraction of sp³-hybridized carbons (Fsp3) is 0.0833. The minimum Gasteiger partial charge on any atom is -0.397 e. The molecule has 0 fully saturated rings. The number of halogens is 4. The van der Waals surface area contributed by atoms with Crippen LogP contribution in [-0.4, -0.2) is 10.9 Å². The van der Waals surface area contributed by atoms with Crippen LogP contribution in [0.25, 0.3) is 0 Å². The second-order valence-electron chi connectivity index (χ2n) is 3.99. The van der Waals surface area contributed by atoms with Gasteiger partial charge in [0.15, 0.2) is 0 Å². The predicted molar refractivity (Wildman–Crippen MR) is 69.6 cm³/mol.